The number of nitrogens with one attached hydrogen (secondary N) is 1. The van der Waals surface area contributed by atoms with E-state index in [2.05, 4.69) is 10.3 Å². The van der Waals surface area contributed by atoms with Gasteiger partial charge in [0.25, 0.3) is 0 Å². The van der Waals surface area contributed by atoms with Gasteiger partial charge in [-0.1, -0.05) is 22.9 Å². The Bertz CT molecular complexity index is 717. The molecule has 5 heteroatoms. The molecule has 0 spiro atoms. The molecule has 0 radical (unpaired) electrons. The molecule has 2 heterocycles. The summed E-state index contributed by atoms with van der Waals surface area (Å²) in [6, 6.07) is 13.2. The number of hydrogen-bond donors (Lipinski definition) is 1. The Morgan fingerprint density at radius 1 is 1.11 bits per heavy atom. The lowest BCUT2D eigenvalue weighted by atomic mass is 10.1. The molecular weight excluding hydrogens is 242 g/mol. The number of aromatic nitrogens is 3. The minimum absolute atomic E-state index is 0.375. The molecule has 0 aliphatic heterocycles. The zero-order chi connectivity index (χ0) is 13.1. The first-order valence-corrected chi connectivity index (χ1v) is 5.90. The zero-order valence-electron chi connectivity index (χ0n) is 10.1. The Kier molecular flexibility index (Phi) is 2.94. The van der Waals surface area contributed by atoms with Gasteiger partial charge in [0.2, 0.25) is 6.54 Å². The predicted molar refractivity (Wildman–Crippen MR) is 68.3 cm³/mol. The summed E-state index contributed by atoms with van der Waals surface area (Å²) in [4.78, 5) is 15.8. The van der Waals surface area contributed by atoms with Gasteiger partial charge in [-0.15, -0.1) is 0 Å². The SMILES string of the molecule is O=c1o[nH][n+](Cc2ccncc2)c1-c1ccccc1. The van der Waals surface area contributed by atoms with Crippen LogP contribution in [0.2, 0.25) is 0 Å². The molecule has 5 nitrogen and oxygen atoms in total. The van der Waals surface area contributed by atoms with Gasteiger partial charge in [-0.3, -0.25) is 9.51 Å². The molecule has 0 unspecified atom stereocenters. The fourth-order valence-corrected chi connectivity index (χ4v) is 1.95. The number of hydrogen-bond acceptors (Lipinski definition) is 3. The number of nitrogens with zero attached hydrogens (tertiary/aromatic N) is 2. The maximum Gasteiger partial charge on any atom is 0.435 e. The Morgan fingerprint density at radius 2 is 1.84 bits per heavy atom. The molecule has 0 aliphatic rings. The predicted octanol–water partition coefficient (Wildman–Crippen LogP) is 1.37. The Labute approximate surface area is 109 Å². The molecule has 94 valence electrons. The molecule has 0 bridgehead atoms. The zero-order valence-corrected chi connectivity index (χ0v) is 10.1. The van der Waals surface area contributed by atoms with Crippen LogP contribution in [0.15, 0.2) is 64.2 Å². The lowest BCUT2D eigenvalue weighted by Crippen LogP contribution is -2.39. The van der Waals surface area contributed by atoms with Gasteiger partial charge in [-0.2, -0.15) is 0 Å². The Hall–Kier alpha value is -2.69. The van der Waals surface area contributed by atoms with Gasteiger partial charge in [0, 0.05) is 18.0 Å². The van der Waals surface area contributed by atoms with Crippen molar-refractivity contribution in [2.45, 2.75) is 6.54 Å². The third-order valence-electron chi connectivity index (χ3n) is 2.85. The fourth-order valence-electron chi connectivity index (χ4n) is 1.95. The number of rotatable bonds is 3. The summed E-state index contributed by atoms with van der Waals surface area (Å²) in [6.07, 6.45) is 3.44. The van der Waals surface area contributed by atoms with Crippen LogP contribution in [0, 0.1) is 0 Å². The van der Waals surface area contributed by atoms with E-state index in [0.29, 0.717) is 12.2 Å². The summed E-state index contributed by atoms with van der Waals surface area (Å²) in [5.41, 5.74) is 2.00. The van der Waals surface area contributed by atoms with E-state index in [9.17, 15) is 4.79 Å². The van der Waals surface area contributed by atoms with Gasteiger partial charge in [0.15, 0.2) is 0 Å². The number of benzene rings is 1. The van der Waals surface area contributed by atoms with Crippen molar-refractivity contribution in [1.82, 2.24) is 10.3 Å². The number of pyridine rings is 1. The molecule has 0 amide bonds. The summed E-state index contributed by atoms with van der Waals surface area (Å²) >= 11 is 0. The van der Waals surface area contributed by atoms with E-state index in [4.69, 9.17) is 4.52 Å². The van der Waals surface area contributed by atoms with Crippen molar-refractivity contribution in [2.24, 2.45) is 0 Å². The quantitative estimate of drug-likeness (QED) is 0.718. The van der Waals surface area contributed by atoms with E-state index in [1.807, 2.05) is 42.5 Å². The second-order valence-corrected chi connectivity index (χ2v) is 4.14. The Morgan fingerprint density at radius 3 is 2.58 bits per heavy atom. The molecule has 3 aromatic rings. The second-order valence-electron chi connectivity index (χ2n) is 4.14. The minimum Gasteiger partial charge on any atom is -0.283 e. The lowest BCUT2D eigenvalue weighted by molar-refractivity contribution is -0.745. The smallest absolute Gasteiger partial charge is 0.283 e. The highest BCUT2D eigenvalue weighted by molar-refractivity contribution is 5.53. The molecule has 0 saturated carbocycles. The largest absolute Gasteiger partial charge is 0.435 e. The molecule has 0 aliphatic carbocycles. The van der Waals surface area contributed by atoms with Crippen molar-refractivity contribution < 1.29 is 9.20 Å². The van der Waals surface area contributed by atoms with Crippen molar-refractivity contribution in [3.05, 3.63) is 70.8 Å². The molecule has 3 rings (SSSR count). The first-order valence-electron chi connectivity index (χ1n) is 5.90. The van der Waals surface area contributed by atoms with Gasteiger partial charge in [0.1, 0.15) is 0 Å². The monoisotopic (exact) mass is 254 g/mol. The second kappa shape index (κ2) is 4.89. The maximum absolute atomic E-state index is 11.8. The summed E-state index contributed by atoms with van der Waals surface area (Å²) < 4.78 is 6.58. The van der Waals surface area contributed by atoms with Crippen molar-refractivity contribution in [3.8, 4) is 11.3 Å². The first-order chi connectivity index (χ1) is 9.34. The summed E-state index contributed by atoms with van der Waals surface area (Å²) in [5.74, 6) is 0. The van der Waals surface area contributed by atoms with Crippen LogP contribution in [0.4, 0.5) is 0 Å². The highest BCUT2D eigenvalue weighted by atomic mass is 16.5. The van der Waals surface area contributed by atoms with Crippen molar-refractivity contribution in [2.75, 3.05) is 0 Å². The van der Waals surface area contributed by atoms with E-state index in [1.54, 1.807) is 17.1 Å². The molecular formula is C14H12N3O2+. The van der Waals surface area contributed by atoms with Gasteiger partial charge in [-0.25, -0.2) is 4.79 Å². The lowest BCUT2D eigenvalue weighted by Gasteiger charge is -1.95. The van der Waals surface area contributed by atoms with Gasteiger partial charge in [0.05, 0.1) is 5.56 Å². The average molecular weight is 254 g/mol. The number of H-pyrrole nitrogens is 1. The van der Waals surface area contributed by atoms with Crippen LogP contribution in [-0.2, 0) is 6.54 Å². The fraction of sp³-hybridized carbons (Fsp3) is 0.0714. The molecule has 0 fully saturated rings. The third kappa shape index (κ3) is 2.30. The van der Waals surface area contributed by atoms with Crippen LogP contribution in [0.3, 0.4) is 0 Å². The van der Waals surface area contributed by atoms with Crippen LogP contribution in [-0.4, -0.2) is 10.3 Å². The standard InChI is InChI=1S/C14H11N3O2/c18-14-13(12-4-2-1-3-5-12)17(16-19-14)10-11-6-8-15-9-7-11/h1-9H,10H2/p+1. The molecule has 1 aromatic carbocycles. The summed E-state index contributed by atoms with van der Waals surface area (Å²) in [6.45, 7) is 0.526. The molecule has 0 saturated heterocycles. The van der Waals surface area contributed by atoms with Crippen LogP contribution in [0.1, 0.15) is 5.56 Å². The normalized spacial score (nSPS) is 10.5. The van der Waals surface area contributed by atoms with Crippen molar-refractivity contribution >= 4 is 0 Å². The highest BCUT2D eigenvalue weighted by Gasteiger charge is 2.22. The van der Waals surface area contributed by atoms with E-state index >= 15 is 0 Å². The minimum atomic E-state index is -0.375. The van der Waals surface area contributed by atoms with Crippen LogP contribution < -0.4 is 10.3 Å². The van der Waals surface area contributed by atoms with Crippen LogP contribution in [0.5, 0.6) is 0 Å². The van der Waals surface area contributed by atoms with Crippen LogP contribution in [0.25, 0.3) is 11.3 Å². The van der Waals surface area contributed by atoms with E-state index in [0.717, 1.165) is 11.1 Å². The average Bonchev–Trinajstić information content (AvgIpc) is 2.82. The third-order valence-corrected chi connectivity index (χ3v) is 2.85. The van der Waals surface area contributed by atoms with Crippen molar-refractivity contribution in [1.29, 1.82) is 0 Å². The molecule has 1 N–H and O–H groups in total. The summed E-state index contributed by atoms with van der Waals surface area (Å²) in [5, 5.41) is 2.63. The molecule has 2 aromatic heterocycles. The van der Waals surface area contributed by atoms with Crippen molar-refractivity contribution in [3.63, 3.8) is 0 Å². The maximum atomic E-state index is 11.8. The molecule has 19 heavy (non-hydrogen) atoms. The van der Waals surface area contributed by atoms with E-state index in [-0.39, 0.29) is 5.63 Å². The van der Waals surface area contributed by atoms with Crippen LogP contribution >= 0.6 is 0 Å². The van der Waals surface area contributed by atoms with Gasteiger partial charge < -0.3 is 0 Å². The Balaban J connectivity index is 2.03. The molecule has 0 atom stereocenters. The van der Waals surface area contributed by atoms with E-state index < -0.39 is 0 Å². The van der Waals surface area contributed by atoms with E-state index in [1.165, 1.54) is 0 Å². The summed E-state index contributed by atoms with van der Waals surface area (Å²) in [7, 11) is 0. The first kappa shape index (κ1) is 11.4. The highest BCUT2D eigenvalue weighted by Crippen LogP contribution is 2.10. The number of aromatic amines is 1. The van der Waals surface area contributed by atoms with Gasteiger partial charge in [-0.05, 0) is 29.5 Å². The van der Waals surface area contributed by atoms with Gasteiger partial charge >= 0.3 is 11.3 Å². The topological polar surface area (TPSA) is 62.8 Å².